The van der Waals surface area contributed by atoms with Crippen molar-refractivity contribution in [2.45, 2.75) is 0 Å². The summed E-state index contributed by atoms with van der Waals surface area (Å²) in [5.74, 6) is -0.0952. The Morgan fingerprint density at radius 3 is 2.60 bits per heavy atom. The molecule has 0 amide bonds. The van der Waals surface area contributed by atoms with Crippen LogP contribution >= 0.6 is 23.2 Å². The van der Waals surface area contributed by atoms with Crippen LogP contribution in [0.3, 0.4) is 0 Å². The first-order valence-corrected chi connectivity index (χ1v) is 6.76. The molecule has 0 bridgehead atoms. The van der Waals surface area contributed by atoms with E-state index in [1.54, 1.807) is 30.5 Å². The number of pyridine rings is 1. The van der Waals surface area contributed by atoms with Crippen LogP contribution in [0.25, 0.3) is 10.9 Å². The number of halogens is 2. The zero-order valence-corrected chi connectivity index (χ0v) is 11.8. The predicted octanol–water partition coefficient (Wildman–Crippen LogP) is 4.77. The van der Waals surface area contributed by atoms with Gasteiger partial charge in [-0.05, 0) is 30.3 Å². The molecule has 1 aromatic heterocycles. The van der Waals surface area contributed by atoms with Gasteiger partial charge >= 0.3 is 0 Å². The fourth-order valence-electron chi connectivity index (χ4n) is 2.09. The van der Waals surface area contributed by atoms with E-state index in [0.717, 1.165) is 10.9 Å². The molecule has 0 aliphatic heterocycles. The molecule has 0 spiro atoms. The van der Waals surface area contributed by atoms with Crippen molar-refractivity contribution in [3.63, 3.8) is 0 Å². The van der Waals surface area contributed by atoms with Crippen LogP contribution in [0.4, 0.5) is 0 Å². The largest absolute Gasteiger partial charge is 0.289 e. The number of hydrogen-bond donors (Lipinski definition) is 0. The lowest BCUT2D eigenvalue weighted by atomic mass is 9.99. The van der Waals surface area contributed by atoms with E-state index in [-0.39, 0.29) is 5.78 Å². The number of fused-ring (bicyclic) bond motifs is 1. The second-order valence-electron chi connectivity index (χ2n) is 4.33. The van der Waals surface area contributed by atoms with Gasteiger partial charge in [0.15, 0.2) is 5.78 Å². The van der Waals surface area contributed by atoms with Gasteiger partial charge in [0.25, 0.3) is 0 Å². The fraction of sp³-hybridized carbons (Fsp3) is 0. The maximum absolute atomic E-state index is 12.6. The number of carbonyl (C=O) groups excluding carboxylic acids is 1. The molecule has 0 aliphatic carbocycles. The SMILES string of the molecule is O=C(c1ccc(Cl)c(Cl)c1)c1cccc2ncccc12. The maximum atomic E-state index is 12.6. The average Bonchev–Trinajstić information content (AvgIpc) is 2.49. The Hall–Kier alpha value is -1.90. The van der Waals surface area contributed by atoms with Gasteiger partial charge < -0.3 is 0 Å². The quantitative estimate of drug-likeness (QED) is 0.638. The molecule has 3 aromatic rings. The summed E-state index contributed by atoms with van der Waals surface area (Å²) >= 11 is 11.8. The van der Waals surface area contributed by atoms with Crippen molar-refractivity contribution in [1.82, 2.24) is 4.98 Å². The van der Waals surface area contributed by atoms with E-state index < -0.39 is 0 Å². The molecule has 0 unspecified atom stereocenters. The number of aromatic nitrogens is 1. The first-order valence-electron chi connectivity index (χ1n) is 6.00. The van der Waals surface area contributed by atoms with Crippen LogP contribution in [0, 0.1) is 0 Å². The van der Waals surface area contributed by atoms with Gasteiger partial charge in [-0.15, -0.1) is 0 Å². The van der Waals surface area contributed by atoms with E-state index in [9.17, 15) is 4.79 Å². The zero-order chi connectivity index (χ0) is 14.1. The predicted molar refractivity (Wildman–Crippen MR) is 81.6 cm³/mol. The molecule has 2 aromatic carbocycles. The topological polar surface area (TPSA) is 30.0 Å². The van der Waals surface area contributed by atoms with Gasteiger partial charge in [0.05, 0.1) is 15.6 Å². The molecule has 0 aliphatic rings. The molecule has 0 radical (unpaired) electrons. The molecule has 0 fully saturated rings. The normalized spacial score (nSPS) is 10.7. The van der Waals surface area contributed by atoms with Crippen LogP contribution in [0.15, 0.2) is 54.7 Å². The van der Waals surface area contributed by atoms with Crippen molar-refractivity contribution >= 4 is 39.9 Å². The molecule has 3 rings (SSSR count). The summed E-state index contributed by atoms with van der Waals surface area (Å²) in [6.07, 6.45) is 1.70. The van der Waals surface area contributed by atoms with Crippen LogP contribution in [-0.4, -0.2) is 10.8 Å². The number of ketones is 1. The minimum Gasteiger partial charge on any atom is -0.289 e. The molecule has 0 N–H and O–H groups in total. The van der Waals surface area contributed by atoms with E-state index >= 15 is 0 Å². The van der Waals surface area contributed by atoms with Gasteiger partial charge in [-0.3, -0.25) is 9.78 Å². The van der Waals surface area contributed by atoms with Crippen molar-refractivity contribution in [3.05, 3.63) is 75.9 Å². The minimum atomic E-state index is -0.0952. The monoisotopic (exact) mass is 301 g/mol. The Morgan fingerprint density at radius 1 is 0.950 bits per heavy atom. The number of benzene rings is 2. The van der Waals surface area contributed by atoms with Crippen molar-refractivity contribution in [2.75, 3.05) is 0 Å². The summed E-state index contributed by atoms with van der Waals surface area (Å²) in [6.45, 7) is 0. The summed E-state index contributed by atoms with van der Waals surface area (Å²) < 4.78 is 0. The fourth-order valence-corrected chi connectivity index (χ4v) is 2.39. The molecule has 1 heterocycles. The van der Waals surface area contributed by atoms with E-state index in [0.29, 0.717) is 21.2 Å². The number of hydrogen-bond acceptors (Lipinski definition) is 2. The Balaban J connectivity index is 2.15. The molecule has 98 valence electrons. The van der Waals surface area contributed by atoms with Crippen LogP contribution in [0.5, 0.6) is 0 Å². The van der Waals surface area contributed by atoms with Crippen LogP contribution < -0.4 is 0 Å². The highest BCUT2D eigenvalue weighted by Gasteiger charge is 2.13. The molecular formula is C16H9Cl2NO. The van der Waals surface area contributed by atoms with Gasteiger partial charge in [-0.1, -0.05) is 41.4 Å². The molecule has 0 saturated heterocycles. The summed E-state index contributed by atoms with van der Waals surface area (Å²) in [6, 6.07) is 14.1. The highest BCUT2D eigenvalue weighted by atomic mass is 35.5. The smallest absolute Gasteiger partial charge is 0.193 e. The standard InChI is InChI=1S/C16H9Cl2NO/c17-13-7-6-10(9-14(13)18)16(20)12-3-1-5-15-11(12)4-2-8-19-15/h1-9H. The Labute approximate surface area is 126 Å². The van der Waals surface area contributed by atoms with E-state index in [1.165, 1.54) is 0 Å². The third-order valence-corrected chi connectivity index (χ3v) is 3.81. The summed E-state index contributed by atoms with van der Waals surface area (Å²) in [7, 11) is 0. The lowest BCUT2D eigenvalue weighted by Gasteiger charge is -2.06. The van der Waals surface area contributed by atoms with Crippen LogP contribution in [0.1, 0.15) is 15.9 Å². The Morgan fingerprint density at radius 2 is 1.80 bits per heavy atom. The van der Waals surface area contributed by atoms with E-state index in [2.05, 4.69) is 4.98 Å². The summed E-state index contributed by atoms with van der Waals surface area (Å²) in [4.78, 5) is 16.8. The highest BCUT2D eigenvalue weighted by molar-refractivity contribution is 6.42. The minimum absolute atomic E-state index is 0.0952. The van der Waals surface area contributed by atoms with Gasteiger partial charge in [-0.2, -0.15) is 0 Å². The van der Waals surface area contributed by atoms with E-state index in [1.807, 2.05) is 24.3 Å². The van der Waals surface area contributed by atoms with Gasteiger partial charge in [-0.25, -0.2) is 0 Å². The summed E-state index contributed by atoms with van der Waals surface area (Å²) in [5, 5.41) is 1.63. The third kappa shape index (κ3) is 2.28. The Kier molecular flexibility index (Phi) is 3.43. The second kappa shape index (κ2) is 5.23. The first kappa shape index (κ1) is 13.1. The second-order valence-corrected chi connectivity index (χ2v) is 5.15. The number of nitrogens with zero attached hydrogens (tertiary/aromatic N) is 1. The molecule has 0 saturated carbocycles. The van der Waals surface area contributed by atoms with Crippen molar-refractivity contribution < 1.29 is 4.79 Å². The highest BCUT2D eigenvalue weighted by Crippen LogP contribution is 2.25. The molecule has 2 nitrogen and oxygen atoms in total. The lowest BCUT2D eigenvalue weighted by molar-refractivity contribution is 0.104. The lowest BCUT2D eigenvalue weighted by Crippen LogP contribution is -2.02. The third-order valence-electron chi connectivity index (χ3n) is 3.07. The summed E-state index contributed by atoms with van der Waals surface area (Å²) in [5.41, 5.74) is 1.91. The van der Waals surface area contributed by atoms with Crippen molar-refractivity contribution in [1.29, 1.82) is 0 Å². The Bertz CT molecular complexity index is 809. The van der Waals surface area contributed by atoms with Gasteiger partial charge in [0.1, 0.15) is 0 Å². The number of carbonyl (C=O) groups is 1. The maximum Gasteiger partial charge on any atom is 0.193 e. The van der Waals surface area contributed by atoms with Gasteiger partial charge in [0.2, 0.25) is 0 Å². The van der Waals surface area contributed by atoms with Crippen molar-refractivity contribution in [2.24, 2.45) is 0 Å². The molecule has 20 heavy (non-hydrogen) atoms. The van der Waals surface area contributed by atoms with Crippen LogP contribution in [-0.2, 0) is 0 Å². The zero-order valence-electron chi connectivity index (χ0n) is 10.3. The molecule has 0 atom stereocenters. The first-order chi connectivity index (χ1) is 9.66. The average molecular weight is 302 g/mol. The van der Waals surface area contributed by atoms with Crippen molar-refractivity contribution in [3.8, 4) is 0 Å². The molecular weight excluding hydrogens is 293 g/mol. The molecule has 4 heteroatoms. The number of rotatable bonds is 2. The van der Waals surface area contributed by atoms with Gasteiger partial charge in [0, 0.05) is 22.7 Å². The van der Waals surface area contributed by atoms with E-state index in [4.69, 9.17) is 23.2 Å². The van der Waals surface area contributed by atoms with Crippen LogP contribution in [0.2, 0.25) is 10.0 Å².